The van der Waals surface area contributed by atoms with E-state index in [9.17, 15) is 9.59 Å². The minimum atomic E-state index is -0.0801. The summed E-state index contributed by atoms with van der Waals surface area (Å²) < 4.78 is 0. The normalized spacial score (nSPS) is 19.9. The van der Waals surface area contributed by atoms with Crippen molar-refractivity contribution in [3.05, 3.63) is 59.7 Å². The Hall–Kier alpha value is -2.27. The van der Waals surface area contributed by atoms with Crippen LogP contribution in [0.15, 0.2) is 48.5 Å². The average Bonchev–Trinajstić information content (AvgIpc) is 3.01. The minimum Gasteiger partial charge on any atom is -0.326 e. The van der Waals surface area contributed by atoms with Crippen LogP contribution < -0.4 is 10.2 Å². The van der Waals surface area contributed by atoms with Crippen molar-refractivity contribution in [2.45, 2.75) is 50.8 Å². The van der Waals surface area contributed by atoms with Crippen molar-refractivity contribution in [3.63, 3.8) is 0 Å². The molecule has 0 bridgehead atoms. The van der Waals surface area contributed by atoms with Crippen LogP contribution >= 0.6 is 11.8 Å². The number of rotatable bonds is 4. The number of hydrogen-bond donors (Lipinski definition) is 1. The van der Waals surface area contributed by atoms with Gasteiger partial charge in [0.1, 0.15) is 5.37 Å². The van der Waals surface area contributed by atoms with Gasteiger partial charge in [0, 0.05) is 17.3 Å². The summed E-state index contributed by atoms with van der Waals surface area (Å²) in [6.45, 7) is 6.56. The molecule has 2 fully saturated rings. The maximum absolute atomic E-state index is 12.7. The van der Waals surface area contributed by atoms with Crippen LogP contribution in [0.5, 0.6) is 0 Å². The molecule has 152 valence electrons. The van der Waals surface area contributed by atoms with E-state index in [-0.39, 0.29) is 28.5 Å². The lowest BCUT2D eigenvalue weighted by molar-refractivity contribution is -0.122. The van der Waals surface area contributed by atoms with E-state index in [2.05, 4.69) is 38.2 Å². The molecule has 4 nitrogen and oxygen atoms in total. The molecular weight excluding hydrogens is 380 g/mol. The van der Waals surface area contributed by atoms with Crippen molar-refractivity contribution >= 4 is 35.0 Å². The second-order valence-corrected chi connectivity index (χ2v) is 10.0. The number of benzene rings is 2. The third-order valence-electron chi connectivity index (χ3n) is 5.79. The van der Waals surface area contributed by atoms with Gasteiger partial charge in [-0.25, -0.2) is 0 Å². The number of nitrogens with zero attached hydrogens (tertiary/aromatic N) is 1. The fourth-order valence-corrected chi connectivity index (χ4v) is 4.92. The largest absolute Gasteiger partial charge is 0.326 e. The first-order valence-corrected chi connectivity index (χ1v) is 11.3. The molecule has 2 aromatic rings. The first-order chi connectivity index (χ1) is 13.8. The van der Waals surface area contributed by atoms with Gasteiger partial charge in [-0.15, -0.1) is 11.8 Å². The first-order valence-electron chi connectivity index (χ1n) is 10.3. The predicted octanol–water partition coefficient (Wildman–Crippen LogP) is 5.50. The highest BCUT2D eigenvalue weighted by Gasteiger charge is 2.34. The molecule has 2 aliphatic rings. The van der Waals surface area contributed by atoms with Gasteiger partial charge in [-0.2, -0.15) is 0 Å². The molecular formula is C24H28N2O2S. The molecule has 1 saturated heterocycles. The second kappa shape index (κ2) is 7.86. The Morgan fingerprint density at radius 3 is 2.45 bits per heavy atom. The molecule has 1 atom stereocenters. The van der Waals surface area contributed by atoms with Gasteiger partial charge in [0.25, 0.3) is 0 Å². The Morgan fingerprint density at radius 1 is 1.10 bits per heavy atom. The van der Waals surface area contributed by atoms with Gasteiger partial charge in [0.15, 0.2) is 0 Å². The van der Waals surface area contributed by atoms with Gasteiger partial charge in [0.2, 0.25) is 11.8 Å². The molecule has 2 aromatic carbocycles. The Kier molecular flexibility index (Phi) is 5.43. The number of thioether (sulfide) groups is 1. The van der Waals surface area contributed by atoms with Crippen molar-refractivity contribution in [1.82, 2.24) is 0 Å². The molecule has 1 aliphatic carbocycles. The van der Waals surface area contributed by atoms with Crippen LogP contribution in [0.3, 0.4) is 0 Å². The Morgan fingerprint density at radius 2 is 1.83 bits per heavy atom. The molecule has 0 radical (unpaired) electrons. The standard InChI is InChI=1S/C24H28N2O2S/c1-24(2,3)18-10-12-20(13-11-18)26-21(27)15-29-23(26)17-8-5-9-19(14-17)25-22(28)16-6-4-7-16/h5,8-14,16,23H,4,6-7,15H2,1-3H3,(H,25,28). The summed E-state index contributed by atoms with van der Waals surface area (Å²) >= 11 is 1.63. The number of anilines is 2. The summed E-state index contributed by atoms with van der Waals surface area (Å²) in [6, 6.07) is 16.2. The van der Waals surface area contributed by atoms with Crippen LogP contribution in [-0.2, 0) is 15.0 Å². The third-order valence-corrected chi connectivity index (χ3v) is 7.01. The Bertz CT molecular complexity index is 913. The molecule has 1 aliphatic heterocycles. The highest BCUT2D eigenvalue weighted by Crippen LogP contribution is 2.42. The molecule has 4 rings (SSSR count). The lowest BCUT2D eigenvalue weighted by atomic mass is 9.85. The third kappa shape index (κ3) is 4.20. The van der Waals surface area contributed by atoms with E-state index in [1.165, 1.54) is 5.56 Å². The van der Waals surface area contributed by atoms with Crippen LogP contribution in [0, 0.1) is 5.92 Å². The van der Waals surface area contributed by atoms with Gasteiger partial charge < -0.3 is 5.32 Å². The minimum absolute atomic E-state index is 0.0781. The Balaban J connectivity index is 1.56. The lowest BCUT2D eigenvalue weighted by Gasteiger charge is -2.27. The van der Waals surface area contributed by atoms with Crippen LogP contribution in [0.25, 0.3) is 0 Å². The topological polar surface area (TPSA) is 49.4 Å². The number of amides is 2. The van der Waals surface area contributed by atoms with Crippen molar-refractivity contribution in [2.24, 2.45) is 5.92 Å². The van der Waals surface area contributed by atoms with E-state index in [0.29, 0.717) is 5.75 Å². The van der Waals surface area contributed by atoms with Gasteiger partial charge in [-0.1, -0.05) is 51.5 Å². The number of nitrogens with one attached hydrogen (secondary N) is 1. The summed E-state index contributed by atoms with van der Waals surface area (Å²) in [5.41, 5.74) is 4.09. The van der Waals surface area contributed by atoms with Gasteiger partial charge in [-0.3, -0.25) is 14.5 Å². The molecule has 1 N–H and O–H groups in total. The Labute approximate surface area is 177 Å². The lowest BCUT2D eigenvalue weighted by Crippen LogP contribution is -2.29. The highest BCUT2D eigenvalue weighted by atomic mass is 32.2. The molecule has 0 aromatic heterocycles. The van der Waals surface area contributed by atoms with E-state index < -0.39 is 0 Å². The van der Waals surface area contributed by atoms with Crippen molar-refractivity contribution in [3.8, 4) is 0 Å². The molecule has 0 spiro atoms. The van der Waals surface area contributed by atoms with E-state index in [1.54, 1.807) is 11.8 Å². The van der Waals surface area contributed by atoms with Crippen LogP contribution in [-0.4, -0.2) is 17.6 Å². The van der Waals surface area contributed by atoms with E-state index >= 15 is 0 Å². The SMILES string of the molecule is CC(C)(C)c1ccc(N2C(=O)CSC2c2cccc(NC(=O)C3CCC3)c2)cc1. The summed E-state index contributed by atoms with van der Waals surface area (Å²) in [6.07, 6.45) is 3.11. The maximum Gasteiger partial charge on any atom is 0.238 e. The molecule has 2 amide bonds. The number of carbonyl (C=O) groups is 2. The summed E-state index contributed by atoms with van der Waals surface area (Å²) in [5.74, 6) is 0.842. The molecule has 29 heavy (non-hydrogen) atoms. The zero-order valence-corrected chi connectivity index (χ0v) is 18.1. The summed E-state index contributed by atoms with van der Waals surface area (Å²) in [4.78, 5) is 26.9. The molecule has 5 heteroatoms. The van der Waals surface area contributed by atoms with Gasteiger partial charge in [-0.05, 0) is 53.6 Å². The van der Waals surface area contributed by atoms with Crippen molar-refractivity contribution in [1.29, 1.82) is 0 Å². The quantitative estimate of drug-likeness (QED) is 0.726. The summed E-state index contributed by atoms with van der Waals surface area (Å²) in [5, 5.41) is 2.97. The van der Waals surface area contributed by atoms with E-state index in [0.717, 1.165) is 36.2 Å². The molecule has 1 heterocycles. The van der Waals surface area contributed by atoms with Crippen molar-refractivity contribution in [2.75, 3.05) is 16.0 Å². The van der Waals surface area contributed by atoms with E-state index in [1.807, 2.05) is 41.3 Å². The first kappa shape index (κ1) is 20.0. The zero-order valence-electron chi connectivity index (χ0n) is 17.3. The smallest absolute Gasteiger partial charge is 0.238 e. The summed E-state index contributed by atoms with van der Waals surface area (Å²) in [7, 11) is 0. The fourth-order valence-electron chi connectivity index (χ4n) is 3.76. The predicted molar refractivity (Wildman–Crippen MR) is 120 cm³/mol. The second-order valence-electron chi connectivity index (χ2n) is 8.97. The van der Waals surface area contributed by atoms with Crippen LogP contribution in [0.4, 0.5) is 11.4 Å². The highest BCUT2D eigenvalue weighted by molar-refractivity contribution is 8.00. The van der Waals surface area contributed by atoms with Crippen LogP contribution in [0.2, 0.25) is 0 Å². The van der Waals surface area contributed by atoms with Gasteiger partial charge in [0.05, 0.1) is 5.75 Å². The van der Waals surface area contributed by atoms with Crippen LogP contribution in [0.1, 0.15) is 56.5 Å². The fraction of sp³-hybridized carbons (Fsp3) is 0.417. The number of hydrogen-bond acceptors (Lipinski definition) is 3. The van der Waals surface area contributed by atoms with Gasteiger partial charge >= 0.3 is 0 Å². The average molecular weight is 409 g/mol. The molecule has 1 saturated carbocycles. The maximum atomic E-state index is 12.7. The zero-order chi connectivity index (χ0) is 20.6. The monoisotopic (exact) mass is 408 g/mol. The molecule has 1 unspecified atom stereocenters. The van der Waals surface area contributed by atoms with Crippen molar-refractivity contribution < 1.29 is 9.59 Å². The number of carbonyl (C=O) groups excluding carboxylic acids is 2. The van der Waals surface area contributed by atoms with E-state index in [4.69, 9.17) is 0 Å².